The van der Waals surface area contributed by atoms with Crippen LogP contribution in [0.2, 0.25) is 0 Å². The lowest BCUT2D eigenvalue weighted by molar-refractivity contribution is 0.221. The largest absolute Gasteiger partial charge is 0.490 e. The maximum atomic E-state index is 14.3. The molecular formula is C24H30F2N2O2S. The van der Waals surface area contributed by atoms with Crippen LogP contribution in [0.3, 0.4) is 0 Å². The van der Waals surface area contributed by atoms with E-state index in [1.54, 1.807) is 55.5 Å². The summed E-state index contributed by atoms with van der Waals surface area (Å²) in [6.07, 6.45) is 0. The number of aliphatic hydroxyl groups is 1. The molecule has 0 aliphatic rings. The van der Waals surface area contributed by atoms with Crippen LogP contribution in [-0.2, 0) is 10.7 Å². The second-order valence-electron chi connectivity index (χ2n) is 7.84. The van der Waals surface area contributed by atoms with Crippen LogP contribution in [0, 0.1) is 11.3 Å². The number of nitrogens with one attached hydrogen (secondary N) is 1. The lowest BCUT2D eigenvalue weighted by Crippen LogP contribution is -2.45. The van der Waals surface area contributed by atoms with Crippen molar-refractivity contribution in [1.29, 1.82) is 5.26 Å². The minimum Gasteiger partial charge on any atom is -0.490 e. The molecule has 0 bridgehead atoms. The average molecular weight is 449 g/mol. The highest BCUT2D eigenvalue weighted by Gasteiger charge is 2.29. The topological polar surface area (TPSA) is 65.3 Å². The van der Waals surface area contributed by atoms with Crippen LogP contribution in [0.5, 0.6) is 5.75 Å². The quantitative estimate of drug-likeness (QED) is 0.467. The molecule has 0 aliphatic heterocycles. The van der Waals surface area contributed by atoms with Crippen molar-refractivity contribution in [1.82, 2.24) is 5.32 Å². The first-order chi connectivity index (χ1) is 14.4. The Morgan fingerprint density at radius 2 is 1.65 bits per heavy atom. The van der Waals surface area contributed by atoms with Gasteiger partial charge in [-0.25, -0.2) is 8.78 Å². The van der Waals surface area contributed by atoms with Gasteiger partial charge in [-0.1, -0.05) is 49.0 Å². The minimum absolute atomic E-state index is 0.0427. The van der Waals surface area contributed by atoms with Crippen molar-refractivity contribution in [3.63, 3.8) is 0 Å². The molecule has 31 heavy (non-hydrogen) atoms. The molecule has 4 nitrogen and oxygen atoms in total. The van der Waals surface area contributed by atoms with Gasteiger partial charge in [-0.2, -0.15) is 5.26 Å². The zero-order valence-corrected chi connectivity index (χ0v) is 19.4. The Morgan fingerprint density at radius 1 is 1.10 bits per heavy atom. The molecule has 0 radical (unpaired) electrons. The zero-order valence-electron chi connectivity index (χ0n) is 18.5. The predicted octanol–water partition coefficient (Wildman–Crippen LogP) is 5.49. The van der Waals surface area contributed by atoms with Crippen LogP contribution in [0.15, 0.2) is 55.1 Å². The van der Waals surface area contributed by atoms with Gasteiger partial charge < -0.3 is 15.2 Å². The third kappa shape index (κ3) is 7.57. The molecule has 0 aliphatic carbocycles. The summed E-state index contributed by atoms with van der Waals surface area (Å²) in [5, 5.41) is 17.9. The third-order valence-electron chi connectivity index (χ3n) is 4.49. The highest BCUT2D eigenvalue weighted by atomic mass is 32.1. The third-order valence-corrected chi connectivity index (χ3v) is 4.73. The minimum atomic E-state index is -1.87. The maximum Gasteiger partial charge on any atom is 0.179 e. The number of halogens is 2. The van der Waals surface area contributed by atoms with Gasteiger partial charge in [-0.15, -0.1) is 12.6 Å². The van der Waals surface area contributed by atoms with Crippen molar-refractivity contribution in [2.75, 3.05) is 13.7 Å². The summed E-state index contributed by atoms with van der Waals surface area (Å²) in [5.41, 5.74) is -0.491. The molecule has 0 fully saturated rings. The Kier molecular flexibility index (Phi) is 9.10. The Bertz CT molecular complexity index is 913. The number of nitrogens with zero attached hydrogens (tertiary/aromatic N) is 1. The summed E-state index contributed by atoms with van der Waals surface area (Å²) in [6.45, 7) is 9.90. The van der Waals surface area contributed by atoms with Gasteiger partial charge in [0.05, 0.1) is 6.07 Å². The summed E-state index contributed by atoms with van der Waals surface area (Å²) in [5.74, 6) is 0.316. The molecule has 0 aromatic heterocycles. The number of hydrogen-bond donors (Lipinski definition) is 3. The number of ether oxygens (including phenoxy) is 1. The summed E-state index contributed by atoms with van der Waals surface area (Å²) in [6, 6.07) is 15.7. The zero-order chi connectivity index (χ0) is 23.9. The van der Waals surface area contributed by atoms with E-state index in [-0.39, 0.29) is 12.2 Å². The molecule has 0 spiro atoms. The average Bonchev–Trinajstić information content (AvgIpc) is 2.73. The van der Waals surface area contributed by atoms with Crippen LogP contribution < -0.4 is 10.1 Å². The van der Waals surface area contributed by atoms with E-state index in [1.165, 1.54) is 20.8 Å². The van der Waals surface area contributed by atoms with Crippen LogP contribution in [-0.4, -0.2) is 24.4 Å². The summed E-state index contributed by atoms with van der Waals surface area (Å²) >= 11 is 3.97. The van der Waals surface area contributed by atoms with Gasteiger partial charge >= 0.3 is 0 Å². The fourth-order valence-corrected chi connectivity index (χ4v) is 2.95. The molecule has 168 valence electrons. The number of hydrogen-bond acceptors (Lipinski definition) is 5. The van der Waals surface area contributed by atoms with Crippen molar-refractivity contribution in [3.05, 3.63) is 71.8 Å². The maximum absolute atomic E-state index is 14.3. The fourth-order valence-electron chi connectivity index (χ4n) is 2.76. The molecule has 0 saturated heterocycles. The number of alkyl halides is 2. The van der Waals surface area contributed by atoms with E-state index >= 15 is 0 Å². The number of para-hydroxylation sites is 1. The smallest absolute Gasteiger partial charge is 0.179 e. The molecule has 0 heterocycles. The van der Waals surface area contributed by atoms with E-state index in [0.29, 0.717) is 17.0 Å². The molecule has 2 aromatic carbocycles. The van der Waals surface area contributed by atoms with Crippen LogP contribution in [0.1, 0.15) is 44.4 Å². The van der Waals surface area contributed by atoms with Crippen molar-refractivity contribution in [3.8, 4) is 11.8 Å². The SMILES string of the molecule is C=C(NC(C)(C#N)COc1ccccc1C(C)(F)S)c1ccc(C(C)(C)F)cc1.CO. The van der Waals surface area contributed by atoms with Crippen LogP contribution in [0.4, 0.5) is 8.78 Å². The lowest BCUT2D eigenvalue weighted by atomic mass is 9.97. The first-order valence-electron chi connectivity index (χ1n) is 9.62. The molecule has 2 N–H and O–H groups in total. The van der Waals surface area contributed by atoms with E-state index in [4.69, 9.17) is 9.84 Å². The highest BCUT2D eigenvalue weighted by molar-refractivity contribution is 7.81. The fraction of sp³-hybridized carbons (Fsp3) is 0.375. The second kappa shape index (κ2) is 10.7. The standard InChI is InChI=1S/C23H26F2N2OS.CH4O/c1-16(17-10-12-18(13-11-17)21(2,3)24)27-22(4,14-26)15-28-20-9-7-6-8-19(20)23(5,25)29;1-2/h6-13,27,29H,1,15H2,2-5H3;2H,1H3. The first kappa shape index (κ1) is 26.5. The van der Waals surface area contributed by atoms with E-state index in [1.807, 2.05) is 0 Å². The summed E-state index contributed by atoms with van der Waals surface area (Å²) in [4.78, 5) is 0. The molecule has 0 amide bonds. The Hall–Kier alpha value is -2.56. The number of rotatable bonds is 8. The molecular weight excluding hydrogens is 418 g/mol. The molecule has 2 unspecified atom stereocenters. The lowest BCUT2D eigenvalue weighted by Gasteiger charge is -2.27. The summed E-state index contributed by atoms with van der Waals surface area (Å²) in [7, 11) is 1.00. The molecule has 2 atom stereocenters. The molecule has 0 saturated carbocycles. The monoisotopic (exact) mass is 448 g/mol. The van der Waals surface area contributed by atoms with Gasteiger partial charge in [0.1, 0.15) is 18.0 Å². The van der Waals surface area contributed by atoms with E-state index in [2.05, 4.69) is 30.6 Å². The van der Waals surface area contributed by atoms with Crippen molar-refractivity contribution in [2.45, 2.75) is 43.9 Å². The number of benzene rings is 2. The highest BCUT2D eigenvalue weighted by Crippen LogP contribution is 2.36. The van der Waals surface area contributed by atoms with Gasteiger partial charge in [-0.3, -0.25) is 0 Å². The normalized spacial score (nSPS) is 14.7. The second-order valence-corrected chi connectivity index (χ2v) is 8.68. The van der Waals surface area contributed by atoms with Gasteiger partial charge in [-0.05, 0) is 44.9 Å². The van der Waals surface area contributed by atoms with Gasteiger partial charge in [0, 0.05) is 18.4 Å². The van der Waals surface area contributed by atoms with Crippen LogP contribution >= 0.6 is 12.6 Å². The van der Waals surface area contributed by atoms with Gasteiger partial charge in [0.15, 0.2) is 10.5 Å². The number of thiol groups is 1. The Morgan fingerprint density at radius 3 is 2.13 bits per heavy atom. The number of nitriles is 1. The van der Waals surface area contributed by atoms with Crippen molar-refractivity contribution >= 4 is 18.3 Å². The van der Waals surface area contributed by atoms with E-state index in [0.717, 1.165) is 12.7 Å². The predicted molar refractivity (Wildman–Crippen MR) is 124 cm³/mol. The van der Waals surface area contributed by atoms with Crippen LogP contribution in [0.25, 0.3) is 5.70 Å². The Labute approximate surface area is 189 Å². The Balaban J connectivity index is 0.00000233. The van der Waals surface area contributed by atoms with Gasteiger partial charge in [0.2, 0.25) is 0 Å². The number of aliphatic hydroxyl groups excluding tert-OH is 1. The molecule has 2 aromatic rings. The van der Waals surface area contributed by atoms with Crippen molar-refractivity contribution in [2.24, 2.45) is 0 Å². The van der Waals surface area contributed by atoms with Gasteiger partial charge in [0.25, 0.3) is 0 Å². The summed E-state index contributed by atoms with van der Waals surface area (Å²) < 4.78 is 34.1. The first-order valence-corrected chi connectivity index (χ1v) is 10.1. The van der Waals surface area contributed by atoms with Crippen molar-refractivity contribution < 1.29 is 18.6 Å². The molecule has 2 rings (SSSR count). The van der Waals surface area contributed by atoms with E-state index in [9.17, 15) is 14.0 Å². The molecule has 7 heteroatoms. The van der Waals surface area contributed by atoms with E-state index < -0.39 is 16.2 Å².